The first kappa shape index (κ1) is 26.3. The molecule has 4 nitrogen and oxygen atoms in total. The molecule has 0 radical (unpaired) electrons. The molecule has 2 atom stereocenters. The van der Waals surface area contributed by atoms with Gasteiger partial charge in [-0.1, -0.05) is 70.5 Å². The van der Waals surface area contributed by atoms with Crippen molar-refractivity contribution in [3.8, 4) is 5.88 Å². The molecule has 6 heteroatoms. The Hall–Kier alpha value is -3.32. The first-order chi connectivity index (χ1) is 18.3. The standard InChI is InChI=1S/C32H30BrFN2O2/c1-36(2)18-17-32(37,28-10-6-8-21-7-4-5-9-26(21)28)30(22-11-14-25(34)15-12-22)27-20-23-19-24(33)13-16-29(23)35-31(27)38-3/h4-16,19-20,30,37H,17-18H2,1-3H3. The molecule has 0 aliphatic carbocycles. The zero-order valence-corrected chi connectivity index (χ0v) is 23.2. The lowest BCUT2D eigenvalue weighted by atomic mass is 9.70. The number of methoxy groups -OCH3 is 1. The second-order valence-corrected chi connectivity index (χ2v) is 10.8. The molecular weight excluding hydrogens is 543 g/mol. The number of halogens is 2. The van der Waals surface area contributed by atoms with Crippen LogP contribution in [0.15, 0.2) is 95.5 Å². The normalized spacial score (nSPS) is 14.1. The number of rotatable bonds is 8. The van der Waals surface area contributed by atoms with E-state index in [0.717, 1.165) is 42.8 Å². The molecule has 2 unspecified atom stereocenters. The summed E-state index contributed by atoms with van der Waals surface area (Å²) in [6.45, 7) is 0.631. The Labute approximate surface area is 230 Å². The fourth-order valence-electron chi connectivity index (χ4n) is 5.32. The predicted molar refractivity (Wildman–Crippen MR) is 155 cm³/mol. The highest BCUT2D eigenvalue weighted by atomic mass is 79.9. The second kappa shape index (κ2) is 10.8. The van der Waals surface area contributed by atoms with E-state index in [2.05, 4.69) is 20.8 Å². The number of aromatic nitrogens is 1. The zero-order chi connectivity index (χ0) is 26.9. The third-order valence-electron chi connectivity index (χ3n) is 7.15. The maximum absolute atomic E-state index is 14.1. The van der Waals surface area contributed by atoms with Crippen LogP contribution in [0.4, 0.5) is 4.39 Å². The molecule has 4 aromatic carbocycles. The maximum Gasteiger partial charge on any atom is 0.217 e. The van der Waals surface area contributed by atoms with Crippen molar-refractivity contribution in [2.24, 2.45) is 0 Å². The van der Waals surface area contributed by atoms with Gasteiger partial charge in [-0.25, -0.2) is 9.37 Å². The van der Waals surface area contributed by atoms with Crippen molar-refractivity contribution in [2.75, 3.05) is 27.7 Å². The summed E-state index contributed by atoms with van der Waals surface area (Å²) < 4.78 is 20.9. The smallest absolute Gasteiger partial charge is 0.217 e. The first-order valence-electron chi connectivity index (χ1n) is 12.5. The zero-order valence-electron chi connectivity index (χ0n) is 21.7. The minimum absolute atomic E-state index is 0.331. The minimum Gasteiger partial charge on any atom is -0.481 e. The lowest BCUT2D eigenvalue weighted by Crippen LogP contribution is -2.38. The molecule has 0 fully saturated rings. The monoisotopic (exact) mass is 572 g/mol. The van der Waals surface area contributed by atoms with Crippen molar-refractivity contribution in [2.45, 2.75) is 17.9 Å². The Kier molecular flexibility index (Phi) is 7.48. The van der Waals surface area contributed by atoms with E-state index in [1.165, 1.54) is 12.1 Å². The SMILES string of the molecule is COc1nc2ccc(Br)cc2cc1C(c1ccc(F)cc1)C(O)(CCN(C)C)c1cccc2ccccc12. The molecule has 0 saturated carbocycles. The lowest BCUT2D eigenvalue weighted by molar-refractivity contribution is 0.00518. The highest BCUT2D eigenvalue weighted by Crippen LogP contribution is 2.49. The van der Waals surface area contributed by atoms with Crippen LogP contribution in [0.2, 0.25) is 0 Å². The third-order valence-corrected chi connectivity index (χ3v) is 7.64. The number of nitrogens with zero attached hydrogens (tertiary/aromatic N) is 2. The van der Waals surface area contributed by atoms with Crippen LogP contribution in [0, 0.1) is 5.82 Å². The van der Waals surface area contributed by atoms with Gasteiger partial charge in [0.05, 0.1) is 12.6 Å². The van der Waals surface area contributed by atoms with E-state index in [-0.39, 0.29) is 5.82 Å². The lowest BCUT2D eigenvalue weighted by Gasteiger charge is -2.39. The molecule has 5 aromatic rings. The fraction of sp³-hybridized carbons (Fsp3) is 0.219. The molecule has 0 spiro atoms. The van der Waals surface area contributed by atoms with Crippen LogP contribution in [-0.2, 0) is 5.60 Å². The highest BCUT2D eigenvalue weighted by molar-refractivity contribution is 9.10. The molecule has 5 rings (SSSR count). The average molecular weight is 574 g/mol. The van der Waals surface area contributed by atoms with Crippen LogP contribution in [0.1, 0.15) is 29.0 Å². The average Bonchev–Trinajstić information content (AvgIpc) is 2.92. The summed E-state index contributed by atoms with van der Waals surface area (Å²) in [6.07, 6.45) is 0.426. The molecule has 1 N–H and O–H groups in total. The maximum atomic E-state index is 14.1. The summed E-state index contributed by atoms with van der Waals surface area (Å²) in [5, 5.41) is 15.9. The van der Waals surface area contributed by atoms with Crippen molar-refractivity contribution in [3.05, 3.63) is 118 Å². The van der Waals surface area contributed by atoms with E-state index in [1.807, 2.05) is 80.8 Å². The number of hydrogen-bond donors (Lipinski definition) is 1. The third kappa shape index (κ3) is 5.04. The van der Waals surface area contributed by atoms with E-state index < -0.39 is 11.5 Å². The van der Waals surface area contributed by atoms with Gasteiger partial charge in [0.2, 0.25) is 5.88 Å². The van der Waals surface area contributed by atoms with Crippen molar-refractivity contribution in [1.29, 1.82) is 0 Å². The van der Waals surface area contributed by atoms with Crippen LogP contribution in [0.3, 0.4) is 0 Å². The molecule has 194 valence electrons. The van der Waals surface area contributed by atoms with E-state index in [1.54, 1.807) is 19.2 Å². The molecule has 0 saturated heterocycles. The van der Waals surface area contributed by atoms with Crippen molar-refractivity contribution in [3.63, 3.8) is 0 Å². The molecule has 0 bridgehead atoms. The Balaban J connectivity index is 1.85. The molecule has 0 amide bonds. The molecule has 38 heavy (non-hydrogen) atoms. The van der Waals surface area contributed by atoms with E-state index in [9.17, 15) is 9.50 Å². The summed E-state index contributed by atoms with van der Waals surface area (Å²) in [5.74, 6) is -0.501. The van der Waals surface area contributed by atoms with Crippen LogP contribution in [0.25, 0.3) is 21.7 Å². The number of benzene rings is 4. The van der Waals surface area contributed by atoms with Crippen LogP contribution in [0.5, 0.6) is 5.88 Å². The van der Waals surface area contributed by atoms with Gasteiger partial charge >= 0.3 is 0 Å². The van der Waals surface area contributed by atoms with Crippen LogP contribution in [-0.4, -0.2) is 42.7 Å². The minimum atomic E-state index is -1.38. The number of pyridine rings is 1. The number of fused-ring (bicyclic) bond motifs is 2. The van der Waals surface area contributed by atoms with Gasteiger partial charge in [-0.3, -0.25) is 0 Å². The number of ether oxygens (including phenoxy) is 1. The highest BCUT2D eigenvalue weighted by Gasteiger charge is 2.43. The van der Waals surface area contributed by atoms with Gasteiger partial charge in [0.15, 0.2) is 0 Å². The summed E-state index contributed by atoms with van der Waals surface area (Å²) in [4.78, 5) is 6.89. The van der Waals surface area contributed by atoms with Crippen molar-refractivity contribution < 1.29 is 14.2 Å². The molecule has 0 aliphatic rings. The Bertz CT molecular complexity index is 1580. The first-order valence-corrected chi connectivity index (χ1v) is 13.3. The predicted octanol–water partition coefficient (Wildman–Crippen LogP) is 7.27. The van der Waals surface area contributed by atoms with Crippen LogP contribution < -0.4 is 4.74 Å². The van der Waals surface area contributed by atoms with Crippen molar-refractivity contribution in [1.82, 2.24) is 9.88 Å². The van der Waals surface area contributed by atoms with Gasteiger partial charge < -0.3 is 14.7 Å². The van der Waals surface area contributed by atoms with Gasteiger partial charge in [-0.15, -0.1) is 0 Å². The second-order valence-electron chi connectivity index (χ2n) is 9.91. The molecule has 0 aliphatic heterocycles. The Morgan fingerprint density at radius 3 is 2.42 bits per heavy atom. The summed E-state index contributed by atoms with van der Waals surface area (Å²) >= 11 is 3.57. The number of hydrogen-bond acceptors (Lipinski definition) is 4. The van der Waals surface area contributed by atoms with Crippen molar-refractivity contribution >= 4 is 37.6 Å². The quantitative estimate of drug-likeness (QED) is 0.212. The van der Waals surface area contributed by atoms with Gasteiger partial charge in [-0.2, -0.15) is 0 Å². The Morgan fingerprint density at radius 1 is 0.947 bits per heavy atom. The fourth-order valence-corrected chi connectivity index (χ4v) is 5.69. The van der Waals surface area contributed by atoms with E-state index in [0.29, 0.717) is 18.8 Å². The number of aliphatic hydroxyl groups is 1. The van der Waals surface area contributed by atoms with Gasteiger partial charge in [0.25, 0.3) is 0 Å². The molecule has 1 aromatic heterocycles. The summed E-state index contributed by atoms with van der Waals surface area (Å²) in [6, 6.07) is 28.4. The Morgan fingerprint density at radius 2 is 1.68 bits per heavy atom. The molecule has 1 heterocycles. The van der Waals surface area contributed by atoms with Gasteiger partial charge in [0.1, 0.15) is 11.4 Å². The van der Waals surface area contributed by atoms with Crippen LogP contribution >= 0.6 is 15.9 Å². The topological polar surface area (TPSA) is 45.6 Å². The van der Waals surface area contributed by atoms with E-state index in [4.69, 9.17) is 9.72 Å². The van der Waals surface area contributed by atoms with Gasteiger partial charge in [0, 0.05) is 27.9 Å². The summed E-state index contributed by atoms with van der Waals surface area (Å²) in [7, 11) is 5.58. The summed E-state index contributed by atoms with van der Waals surface area (Å²) in [5.41, 5.74) is 1.73. The largest absolute Gasteiger partial charge is 0.481 e. The molecular formula is C32H30BrFN2O2. The van der Waals surface area contributed by atoms with E-state index >= 15 is 0 Å². The van der Waals surface area contributed by atoms with Gasteiger partial charge in [-0.05, 0) is 78.8 Å².